The Morgan fingerprint density at radius 1 is 1.00 bits per heavy atom. The number of nitrogens with zero attached hydrogens (tertiary/aromatic N) is 2. The van der Waals surface area contributed by atoms with E-state index in [1.807, 2.05) is 31.2 Å². The molecule has 1 heterocycles. The van der Waals surface area contributed by atoms with Crippen molar-refractivity contribution >= 4 is 17.8 Å². The summed E-state index contributed by atoms with van der Waals surface area (Å²) >= 11 is 0. The smallest absolute Gasteiger partial charge is 0.263 e. The second-order valence-corrected chi connectivity index (χ2v) is 6.66. The van der Waals surface area contributed by atoms with Crippen LogP contribution in [-0.2, 0) is 16.1 Å². The number of urea groups is 1. The molecule has 2 atom stereocenters. The van der Waals surface area contributed by atoms with Crippen LogP contribution >= 0.6 is 0 Å². The minimum atomic E-state index is -0.701. The Morgan fingerprint density at radius 3 is 2.30 bits per heavy atom. The summed E-state index contributed by atoms with van der Waals surface area (Å²) < 4.78 is 0. The average molecular weight is 314 g/mol. The molecule has 1 saturated carbocycles. The molecular weight excluding hydrogens is 292 g/mol. The SMILES string of the molecule is Cc1ccc(CN2C(=O)C(=O)N([C@H]3CCCC[C@H]3C)C2=O)cc1. The largest absolute Gasteiger partial charge is 0.334 e. The highest BCUT2D eigenvalue weighted by molar-refractivity contribution is 6.44. The maximum Gasteiger partial charge on any atom is 0.334 e. The highest BCUT2D eigenvalue weighted by Crippen LogP contribution is 2.31. The fourth-order valence-corrected chi connectivity index (χ4v) is 3.51. The Hall–Kier alpha value is -2.17. The number of carbonyl (C=O) groups excluding carboxylic acids is 3. The molecule has 1 saturated heterocycles. The predicted molar refractivity (Wildman–Crippen MR) is 85.4 cm³/mol. The summed E-state index contributed by atoms with van der Waals surface area (Å²) in [5.41, 5.74) is 1.96. The topological polar surface area (TPSA) is 57.7 Å². The molecule has 5 nitrogen and oxygen atoms in total. The molecule has 1 aliphatic heterocycles. The minimum absolute atomic E-state index is 0.143. The van der Waals surface area contributed by atoms with Crippen molar-refractivity contribution in [1.82, 2.24) is 9.80 Å². The van der Waals surface area contributed by atoms with Gasteiger partial charge in [0.2, 0.25) is 0 Å². The van der Waals surface area contributed by atoms with E-state index in [4.69, 9.17) is 0 Å². The lowest BCUT2D eigenvalue weighted by molar-refractivity contribution is -0.144. The average Bonchev–Trinajstić information content (AvgIpc) is 2.74. The Kier molecular flexibility index (Phi) is 4.20. The van der Waals surface area contributed by atoms with E-state index in [1.54, 1.807) is 0 Å². The lowest BCUT2D eigenvalue weighted by atomic mass is 9.85. The highest BCUT2D eigenvalue weighted by atomic mass is 16.2. The quantitative estimate of drug-likeness (QED) is 0.637. The number of hydrogen-bond donors (Lipinski definition) is 0. The summed E-state index contributed by atoms with van der Waals surface area (Å²) in [7, 11) is 0. The molecule has 1 aliphatic carbocycles. The number of imide groups is 2. The van der Waals surface area contributed by atoms with Gasteiger partial charge < -0.3 is 0 Å². The molecule has 0 spiro atoms. The van der Waals surface area contributed by atoms with Crippen molar-refractivity contribution in [3.63, 3.8) is 0 Å². The zero-order chi connectivity index (χ0) is 16.6. The fraction of sp³-hybridized carbons (Fsp3) is 0.500. The zero-order valence-electron chi connectivity index (χ0n) is 13.6. The van der Waals surface area contributed by atoms with Crippen molar-refractivity contribution in [2.24, 2.45) is 5.92 Å². The highest BCUT2D eigenvalue weighted by Gasteiger charge is 2.48. The van der Waals surface area contributed by atoms with Crippen LogP contribution in [0.3, 0.4) is 0 Å². The summed E-state index contributed by atoms with van der Waals surface area (Å²) in [6.07, 6.45) is 3.91. The number of carbonyl (C=O) groups is 3. The van der Waals surface area contributed by atoms with Gasteiger partial charge in [-0.05, 0) is 31.2 Å². The van der Waals surface area contributed by atoms with Crippen LogP contribution in [0, 0.1) is 12.8 Å². The number of hydrogen-bond acceptors (Lipinski definition) is 3. The fourth-order valence-electron chi connectivity index (χ4n) is 3.51. The van der Waals surface area contributed by atoms with E-state index in [9.17, 15) is 14.4 Å². The third-order valence-electron chi connectivity index (χ3n) is 4.94. The molecule has 23 heavy (non-hydrogen) atoms. The van der Waals surface area contributed by atoms with Crippen molar-refractivity contribution < 1.29 is 14.4 Å². The van der Waals surface area contributed by atoms with Crippen LogP contribution in [0.1, 0.15) is 43.7 Å². The molecule has 0 bridgehead atoms. The molecule has 0 N–H and O–H groups in total. The Morgan fingerprint density at radius 2 is 1.65 bits per heavy atom. The third kappa shape index (κ3) is 2.87. The normalized spacial score (nSPS) is 25.4. The number of amides is 4. The van der Waals surface area contributed by atoms with Crippen LogP contribution in [-0.4, -0.2) is 33.7 Å². The molecule has 4 amide bonds. The van der Waals surface area contributed by atoms with Crippen molar-refractivity contribution in [2.45, 2.75) is 52.1 Å². The van der Waals surface area contributed by atoms with E-state index in [0.29, 0.717) is 0 Å². The maximum absolute atomic E-state index is 12.7. The van der Waals surface area contributed by atoms with E-state index in [-0.39, 0.29) is 18.5 Å². The first-order valence-electron chi connectivity index (χ1n) is 8.23. The molecule has 2 aliphatic rings. The van der Waals surface area contributed by atoms with Gasteiger partial charge in [0.1, 0.15) is 0 Å². The van der Waals surface area contributed by atoms with Crippen molar-refractivity contribution in [3.05, 3.63) is 35.4 Å². The van der Waals surface area contributed by atoms with Gasteiger partial charge in [0.15, 0.2) is 0 Å². The number of benzene rings is 1. The summed E-state index contributed by atoms with van der Waals surface area (Å²) in [5.74, 6) is -1.11. The van der Waals surface area contributed by atoms with E-state index >= 15 is 0 Å². The minimum Gasteiger partial charge on any atom is -0.263 e. The second-order valence-electron chi connectivity index (χ2n) is 6.66. The van der Waals surface area contributed by atoms with Gasteiger partial charge in [0, 0.05) is 6.04 Å². The van der Waals surface area contributed by atoms with E-state index < -0.39 is 17.8 Å². The number of rotatable bonds is 3. The monoisotopic (exact) mass is 314 g/mol. The van der Waals surface area contributed by atoms with Crippen molar-refractivity contribution in [1.29, 1.82) is 0 Å². The van der Waals surface area contributed by atoms with Crippen LogP contribution in [0.25, 0.3) is 0 Å². The zero-order valence-corrected chi connectivity index (χ0v) is 13.6. The van der Waals surface area contributed by atoms with Gasteiger partial charge in [-0.3, -0.25) is 19.4 Å². The first-order valence-corrected chi connectivity index (χ1v) is 8.23. The summed E-state index contributed by atoms with van der Waals surface area (Å²) in [6.45, 7) is 4.18. The standard InChI is InChI=1S/C18H22N2O3/c1-12-7-9-14(10-8-12)11-19-16(21)17(22)20(18(19)23)15-6-4-3-5-13(15)2/h7-10,13,15H,3-6,11H2,1-2H3/t13-,15+/m1/s1. The van der Waals surface area contributed by atoms with E-state index in [2.05, 4.69) is 6.92 Å². The lowest BCUT2D eigenvalue weighted by Gasteiger charge is -2.34. The van der Waals surface area contributed by atoms with Gasteiger partial charge in [0.25, 0.3) is 0 Å². The van der Waals surface area contributed by atoms with Crippen LogP contribution in [0.4, 0.5) is 4.79 Å². The van der Waals surface area contributed by atoms with Crippen LogP contribution in [0.15, 0.2) is 24.3 Å². The molecule has 3 rings (SSSR count). The summed E-state index contributed by atoms with van der Waals surface area (Å²) in [5, 5.41) is 0. The van der Waals surface area contributed by atoms with E-state index in [0.717, 1.165) is 41.7 Å². The molecule has 2 fully saturated rings. The Labute approximate surface area is 136 Å². The van der Waals surface area contributed by atoms with Gasteiger partial charge in [-0.25, -0.2) is 4.79 Å². The molecule has 0 aromatic heterocycles. The van der Waals surface area contributed by atoms with Gasteiger partial charge in [-0.1, -0.05) is 49.6 Å². The molecule has 0 radical (unpaired) electrons. The van der Waals surface area contributed by atoms with Crippen LogP contribution < -0.4 is 0 Å². The second kappa shape index (κ2) is 6.14. The first-order chi connectivity index (χ1) is 11.0. The molecular formula is C18H22N2O3. The summed E-state index contributed by atoms with van der Waals surface area (Å²) in [4.78, 5) is 39.5. The maximum atomic E-state index is 12.7. The third-order valence-corrected chi connectivity index (χ3v) is 4.94. The molecule has 5 heteroatoms. The Bertz CT molecular complexity index is 638. The first kappa shape index (κ1) is 15.7. The summed E-state index contributed by atoms with van der Waals surface area (Å²) in [6, 6.07) is 7.03. The van der Waals surface area contributed by atoms with Crippen molar-refractivity contribution in [3.8, 4) is 0 Å². The molecule has 1 aromatic carbocycles. The predicted octanol–water partition coefficient (Wildman–Crippen LogP) is 2.86. The van der Waals surface area contributed by atoms with Crippen molar-refractivity contribution in [2.75, 3.05) is 0 Å². The van der Waals surface area contributed by atoms with Crippen LogP contribution in [0.5, 0.6) is 0 Å². The van der Waals surface area contributed by atoms with Crippen LogP contribution in [0.2, 0.25) is 0 Å². The van der Waals surface area contributed by atoms with Gasteiger partial charge in [-0.15, -0.1) is 0 Å². The number of aryl methyl sites for hydroxylation is 1. The van der Waals surface area contributed by atoms with Gasteiger partial charge >= 0.3 is 17.8 Å². The Balaban J connectivity index is 1.80. The van der Waals surface area contributed by atoms with Gasteiger partial charge in [0.05, 0.1) is 6.54 Å². The molecule has 1 aromatic rings. The molecule has 122 valence electrons. The van der Waals surface area contributed by atoms with Gasteiger partial charge in [-0.2, -0.15) is 0 Å². The van der Waals surface area contributed by atoms with E-state index in [1.165, 1.54) is 4.90 Å². The lowest BCUT2D eigenvalue weighted by Crippen LogP contribution is -2.46. The molecule has 0 unspecified atom stereocenters.